The summed E-state index contributed by atoms with van der Waals surface area (Å²) in [4.78, 5) is 10.7. The molecule has 1 heterocycles. The number of rotatable bonds is 8. The standard InChI is InChI=1S/C14H22O2/c1-2-3-4-5-6-7-8-9-10-13-11-12-14(15)16-13/h9-13H,2-8H2,1H3/t13-/m0/s1. The molecule has 0 N–H and O–H groups in total. The minimum absolute atomic E-state index is 0.118. The molecule has 1 rings (SSSR count). The van der Waals surface area contributed by atoms with Gasteiger partial charge in [-0.2, -0.15) is 0 Å². The van der Waals surface area contributed by atoms with Crippen LogP contribution in [-0.4, -0.2) is 12.1 Å². The molecular formula is C14H22O2. The van der Waals surface area contributed by atoms with E-state index in [0.717, 1.165) is 6.42 Å². The number of hydrogen-bond donors (Lipinski definition) is 0. The molecule has 0 saturated heterocycles. The molecule has 2 heteroatoms. The third kappa shape index (κ3) is 5.74. The molecular weight excluding hydrogens is 200 g/mol. The van der Waals surface area contributed by atoms with Crippen molar-refractivity contribution in [3.63, 3.8) is 0 Å². The molecule has 0 saturated carbocycles. The molecule has 1 aliphatic heterocycles. The topological polar surface area (TPSA) is 26.3 Å². The van der Waals surface area contributed by atoms with Crippen molar-refractivity contribution in [1.29, 1.82) is 0 Å². The quantitative estimate of drug-likeness (QED) is 0.355. The lowest BCUT2D eigenvalue weighted by Crippen LogP contribution is -2.03. The molecule has 0 spiro atoms. The van der Waals surface area contributed by atoms with E-state index in [-0.39, 0.29) is 12.1 Å². The molecule has 1 aliphatic rings. The van der Waals surface area contributed by atoms with Gasteiger partial charge in [0.2, 0.25) is 0 Å². The van der Waals surface area contributed by atoms with Gasteiger partial charge in [0, 0.05) is 6.08 Å². The van der Waals surface area contributed by atoms with E-state index < -0.39 is 0 Å². The Morgan fingerprint density at radius 2 is 2.00 bits per heavy atom. The smallest absolute Gasteiger partial charge is 0.331 e. The normalized spacial score (nSPS) is 19.6. The maximum atomic E-state index is 10.7. The average Bonchev–Trinajstić information content (AvgIpc) is 2.68. The van der Waals surface area contributed by atoms with E-state index in [2.05, 4.69) is 13.0 Å². The molecule has 0 radical (unpaired) electrons. The van der Waals surface area contributed by atoms with Crippen molar-refractivity contribution < 1.29 is 9.53 Å². The van der Waals surface area contributed by atoms with Gasteiger partial charge in [-0.15, -0.1) is 0 Å². The lowest BCUT2D eigenvalue weighted by atomic mass is 10.1. The molecule has 90 valence electrons. The molecule has 0 bridgehead atoms. The minimum atomic E-state index is -0.228. The lowest BCUT2D eigenvalue weighted by Gasteiger charge is -2.01. The highest BCUT2D eigenvalue weighted by molar-refractivity contribution is 5.84. The molecule has 0 amide bonds. The second-order valence-electron chi connectivity index (χ2n) is 4.25. The first-order valence-electron chi connectivity index (χ1n) is 6.38. The van der Waals surface area contributed by atoms with E-state index in [4.69, 9.17) is 4.74 Å². The number of cyclic esters (lactones) is 1. The molecule has 0 aliphatic carbocycles. The molecule has 1 atom stereocenters. The number of carbonyl (C=O) groups is 1. The van der Waals surface area contributed by atoms with Crippen molar-refractivity contribution in [2.75, 3.05) is 0 Å². The van der Waals surface area contributed by atoms with Crippen LogP contribution in [0.4, 0.5) is 0 Å². The van der Waals surface area contributed by atoms with Gasteiger partial charge >= 0.3 is 5.97 Å². The molecule has 0 fully saturated rings. The van der Waals surface area contributed by atoms with Gasteiger partial charge in [0.15, 0.2) is 0 Å². The fourth-order valence-corrected chi connectivity index (χ4v) is 1.76. The molecule has 16 heavy (non-hydrogen) atoms. The van der Waals surface area contributed by atoms with Crippen molar-refractivity contribution in [3.8, 4) is 0 Å². The van der Waals surface area contributed by atoms with E-state index >= 15 is 0 Å². The Morgan fingerprint density at radius 1 is 1.25 bits per heavy atom. The SMILES string of the molecule is CCCCCCCCC=C[C@H]1C=CC(=O)O1. The Balaban J connectivity index is 1.93. The van der Waals surface area contributed by atoms with E-state index in [1.165, 1.54) is 44.6 Å². The highest BCUT2D eigenvalue weighted by Gasteiger charge is 2.12. The van der Waals surface area contributed by atoms with E-state index in [0.29, 0.717) is 0 Å². The third-order valence-electron chi connectivity index (χ3n) is 2.72. The van der Waals surface area contributed by atoms with Crippen molar-refractivity contribution in [2.45, 2.75) is 58.0 Å². The predicted molar refractivity (Wildman–Crippen MR) is 66.2 cm³/mol. The van der Waals surface area contributed by atoms with E-state index in [1.807, 2.05) is 6.08 Å². The maximum Gasteiger partial charge on any atom is 0.331 e. The molecule has 0 aromatic heterocycles. The van der Waals surface area contributed by atoms with Crippen LogP contribution in [0.25, 0.3) is 0 Å². The van der Waals surface area contributed by atoms with Crippen molar-refractivity contribution in [3.05, 3.63) is 24.3 Å². The van der Waals surface area contributed by atoms with E-state index in [1.54, 1.807) is 6.08 Å². The van der Waals surface area contributed by atoms with Gasteiger partial charge in [-0.1, -0.05) is 45.1 Å². The zero-order chi connectivity index (χ0) is 11.6. The summed E-state index contributed by atoms with van der Waals surface area (Å²) in [6, 6.07) is 0. The Morgan fingerprint density at radius 3 is 2.69 bits per heavy atom. The molecule has 0 aromatic rings. The Bertz CT molecular complexity index is 253. The number of allylic oxidation sites excluding steroid dienone is 1. The first-order valence-corrected chi connectivity index (χ1v) is 6.38. The van der Waals surface area contributed by atoms with Gasteiger partial charge in [0.1, 0.15) is 6.10 Å². The number of carbonyl (C=O) groups excluding carboxylic acids is 1. The molecule has 0 unspecified atom stereocenters. The van der Waals surface area contributed by atoms with Crippen molar-refractivity contribution in [2.24, 2.45) is 0 Å². The van der Waals surface area contributed by atoms with Crippen LogP contribution in [0.5, 0.6) is 0 Å². The van der Waals surface area contributed by atoms with Crippen LogP contribution in [-0.2, 0) is 9.53 Å². The zero-order valence-corrected chi connectivity index (χ0v) is 10.2. The first-order chi connectivity index (χ1) is 7.83. The van der Waals surface area contributed by atoms with Crippen LogP contribution in [0.3, 0.4) is 0 Å². The summed E-state index contributed by atoms with van der Waals surface area (Å²) < 4.78 is 4.98. The molecule has 0 aromatic carbocycles. The highest BCUT2D eigenvalue weighted by atomic mass is 16.5. The summed E-state index contributed by atoms with van der Waals surface area (Å²) in [6.07, 6.45) is 16.3. The zero-order valence-electron chi connectivity index (χ0n) is 10.2. The molecule has 2 nitrogen and oxygen atoms in total. The van der Waals surface area contributed by atoms with Gasteiger partial charge in [-0.3, -0.25) is 0 Å². The minimum Gasteiger partial charge on any atom is -0.451 e. The number of unbranched alkanes of at least 4 members (excludes halogenated alkanes) is 6. The fraction of sp³-hybridized carbons (Fsp3) is 0.643. The van der Waals surface area contributed by atoms with Crippen molar-refractivity contribution >= 4 is 5.97 Å². The predicted octanol–water partition coefficient (Wildman–Crippen LogP) is 3.77. The van der Waals surface area contributed by atoms with Crippen LogP contribution < -0.4 is 0 Å². The second-order valence-corrected chi connectivity index (χ2v) is 4.25. The summed E-state index contributed by atoms with van der Waals surface area (Å²) in [5.74, 6) is -0.228. The van der Waals surface area contributed by atoms with E-state index in [9.17, 15) is 4.79 Å². The summed E-state index contributed by atoms with van der Waals surface area (Å²) in [5, 5.41) is 0. The van der Waals surface area contributed by atoms with Gasteiger partial charge in [0.05, 0.1) is 0 Å². The Kier molecular flexibility index (Phi) is 6.62. The third-order valence-corrected chi connectivity index (χ3v) is 2.72. The number of hydrogen-bond acceptors (Lipinski definition) is 2. The maximum absolute atomic E-state index is 10.7. The van der Waals surface area contributed by atoms with Crippen molar-refractivity contribution in [1.82, 2.24) is 0 Å². The van der Waals surface area contributed by atoms with Crippen LogP contribution in [0.2, 0.25) is 0 Å². The Labute approximate surface area is 98.4 Å². The van der Waals surface area contributed by atoms with Crippen LogP contribution in [0.1, 0.15) is 51.9 Å². The monoisotopic (exact) mass is 222 g/mol. The number of esters is 1. The van der Waals surface area contributed by atoms with Gasteiger partial charge in [-0.05, 0) is 25.0 Å². The van der Waals surface area contributed by atoms with Gasteiger partial charge in [-0.25, -0.2) is 4.79 Å². The van der Waals surface area contributed by atoms with Crippen LogP contribution in [0.15, 0.2) is 24.3 Å². The summed E-state index contributed by atoms with van der Waals surface area (Å²) in [6.45, 7) is 2.24. The van der Waals surface area contributed by atoms with Crippen LogP contribution >= 0.6 is 0 Å². The Hall–Kier alpha value is -1.05. The fourth-order valence-electron chi connectivity index (χ4n) is 1.76. The summed E-state index contributed by atoms with van der Waals surface area (Å²) in [7, 11) is 0. The number of ether oxygens (including phenoxy) is 1. The second kappa shape index (κ2) is 8.14. The highest BCUT2D eigenvalue weighted by Crippen LogP contribution is 2.09. The summed E-state index contributed by atoms with van der Waals surface area (Å²) in [5.41, 5.74) is 0. The first kappa shape index (κ1) is 13.0. The van der Waals surface area contributed by atoms with Gasteiger partial charge in [0.25, 0.3) is 0 Å². The van der Waals surface area contributed by atoms with Crippen LogP contribution in [0, 0.1) is 0 Å². The largest absolute Gasteiger partial charge is 0.451 e. The van der Waals surface area contributed by atoms with Gasteiger partial charge < -0.3 is 4.74 Å². The average molecular weight is 222 g/mol. The summed E-state index contributed by atoms with van der Waals surface area (Å²) >= 11 is 0. The lowest BCUT2D eigenvalue weighted by molar-refractivity contribution is -0.137.